The first-order valence-electron chi connectivity index (χ1n) is 7.91. The second-order valence-corrected chi connectivity index (χ2v) is 5.98. The van der Waals surface area contributed by atoms with Gasteiger partial charge in [0.15, 0.2) is 5.78 Å². The number of rotatable bonds is 8. The Bertz CT molecular complexity index is 485. The molecule has 0 amide bonds. The van der Waals surface area contributed by atoms with E-state index in [4.69, 9.17) is 0 Å². The van der Waals surface area contributed by atoms with Gasteiger partial charge in [-0.1, -0.05) is 6.92 Å². The minimum atomic E-state index is -0.0698. The fraction of sp³-hybridized carbons (Fsp3) is 0.588. The molecule has 2 rings (SSSR count). The predicted octanol–water partition coefficient (Wildman–Crippen LogP) is 2.16. The minimum absolute atomic E-state index is 0.0698. The fourth-order valence-electron chi connectivity index (χ4n) is 2.75. The van der Waals surface area contributed by atoms with Crippen molar-refractivity contribution < 1.29 is 4.79 Å². The summed E-state index contributed by atoms with van der Waals surface area (Å²) in [5.41, 5.74) is 3.28. The van der Waals surface area contributed by atoms with Gasteiger partial charge in [0.25, 0.3) is 0 Å². The average Bonchev–Trinajstić information content (AvgIpc) is 2.93. The number of hydrogen-bond donors (Lipinski definition) is 2. The third kappa shape index (κ3) is 4.29. The molecule has 0 saturated carbocycles. The van der Waals surface area contributed by atoms with Gasteiger partial charge >= 0.3 is 0 Å². The monoisotopic (exact) mass is 289 g/mol. The van der Waals surface area contributed by atoms with E-state index >= 15 is 0 Å². The molecule has 0 aliphatic carbocycles. The summed E-state index contributed by atoms with van der Waals surface area (Å²) in [6.07, 6.45) is 2.91. The number of nitrogens with zero attached hydrogens (tertiary/aromatic N) is 1. The van der Waals surface area contributed by atoms with Crippen molar-refractivity contribution in [2.75, 3.05) is 39.0 Å². The molecule has 1 aliphatic rings. The van der Waals surface area contributed by atoms with Gasteiger partial charge < -0.3 is 15.5 Å². The fourth-order valence-corrected chi connectivity index (χ4v) is 2.75. The number of benzene rings is 1. The number of ketones is 1. The summed E-state index contributed by atoms with van der Waals surface area (Å²) >= 11 is 0. The number of carbonyl (C=O) groups excluding carboxylic acids is 1. The van der Waals surface area contributed by atoms with Crippen molar-refractivity contribution in [2.45, 2.75) is 32.2 Å². The van der Waals surface area contributed by atoms with Gasteiger partial charge in [-0.15, -0.1) is 0 Å². The molecule has 4 heteroatoms. The summed E-state index contributed by atoms with van der Waals surface area (Å²) in [5, 5.41) is 6.73. The normalized spacial score (nSPS) is 14.9. The highest BCUT2D eigenvalue weighted by molar-refractivity contribution is 6.00. The average molecular weight is 289 g/mol. The highest BCUT2D eigenvalue weighted by atomic mass is 16.1. The van der Waals surface area contributed by atoms with Crippen LogP contribution >= 0.6 is 0 Å². The van der Waals surface area contributed by atoms with Crippen LogP contribution in [-0.2, 0) is 6.42 Å². The Morgan fingerprint density at radius 3 is 2.95 bits per heavy atom. The van der Waals surface area contributed by atoms with Crippen molar-refractivity contribution in [1.29, 1.82) is 0 Å². The van der Waals surface area contributed by atoms with Crippen molar-refractivity contribution in [3.63, 3.8) is 0 Å². The van der Waals surface area contributed by atoms with Crippen LogP contribution in [0.5, 0.6) is 0 Å². The lowest BCUT2D eigenvalue weighted by Crippen LogP contribution is -2.37. The van der Waals surface area contributed by atoms with Crippen LogP contribution in [0.15, 0.2) is 18.2 Å². The zero-order valence-electron chi connectivity index (χ0n) is 13.4. The van der Waals surface area contributed by atoms with Crippen molar-refractivity contribution in [2.24, 2.45) is 0 Å². The van der Waals surface area contributed by atoms with Crippen LogP contribution in [-0.4, -0.2) is 50.5 Å². The van der Waals surface area contributed by atoms with Crippen molar-refractivity contribution in [3.05, 3.63) is 29.3 Å². The summed E-state index contributed by atoms with van der Waals surface area (Å²) in [6, 6.07) is 5.97. The van der Waals surface area contributed by atoms with E-state index in [0.717, 1.165) is 44.5 Å². The number of hydrogen-bond acceptors (Lipinski definition) is 4. The van der Waals surface area contributed by atoms with E-state index in [1.807, 2.05) is 12.1 Å². The maximum atomic E-state index is 12.6. The van der Waals surface area contributed by atoms with Crippen LogP contribution < -0.4 is 10.6 Å². The molecule has 0 radical (unpaired) electrons. The van der Waals surface area contributed by atoms with Crippen molar-refractivity contribution >= 4 is 11.5 Å². The van der Waals surface area contributed by atoms with Gasteiger partial charge in [0.2, 0.25) is 0 Å². The van der Waals surface area contributed by atoms with Crippen LogP contribution in [0.4, 0.5) is 5.69 Å². The molecule has 116 valence electrons. The van der Waals surface area contributed by atoms with Crippen LogP contribution in [0.1, 0.15) is 35.7 Å². The Labute approximate surface area is 127 Å². The minimum Gasteiger partial charge on any atom is -0.384 e. The first kappa shape index (κ1) is 16.0. The molecule has 2 N–H and O–H groups in total. The summed E-state index contributed by atoms with van der Waals surface area (Å²) in [6.45, 7) is 4.97. The summed E-state index contributed by atoms with van der Waals surface area (Å²) in [5.74, 6) is 0.219. The molecule has 21 heavy (non-hydrogen) atoms. The van der Waals surface area contributed by atoms with Gasteiger partial charge in [0.1, 0.15) is 0 Å². The second-order valence-electron chi connectivity index (χ2n) is 5.98. The molecule has 0 aromatic heterocycles. The molecule has 1 heterocycles. The third-order valence-corrected chi connectivity index (χ3v) is 4.00. The van der Waals surface area contributed by atoms with Gasteiger partial charge in [-0.25, -0.2) is 0 Å². The number of anilines is 1. The molecule has 0 saturated heterocycles. The lowest BCUT2D eigenvalue weighted by atomic mass is 9.99. The van der Waals surface area contributed by atoms with Gasteiger partial charge in [-0.05, 0) is 70.2 Å². The van der Waals surface area contributed by atoms with Crippen LogP contribution in [0.25, 0.3) is 0 Å². The first-order chi connectivity index (χ1) is 10.1. The van der Waals surface area contributed by atoms with Gasteiger partial charge in [0.05, 0.1) is 6.04 Å². The second kappa shape index (κ2) is 7.57. The number of carbonyl (C=O) groups is 1. The Morgan fingerprint density at radius 2 is 2.24 bits per heavy atom. The molecule has 1 aromatic rings. The number of fused-ring (bicyclic) bond motifs is 1. The summed E-state index contributed by atoms with van der Waals surface area (Å²) in [7, 11) is 4.14. The van der Waals surface area contributed by atoms with E-state index in [9.17, 15) is 4.79 Å². The predicted molar refractivity (Wildman–Crippen MR) is 88.2 cm³/mol. The molecule has 1 aromatic carbocycles. The molecule has 1 atom stereocenters. The van der Waals surface area contributed by atoms with Crippen LogP contribution in [0.3, 0.4) is 0 Å². The smallest absolute Gasteiger partial charge is 0.179 e. The molecule has 4 nitrogen and oxygen atoms in total. The van der Waals surface area contributed by atoms with E-state index in [2.05, 4.69) is 42.6 Å². The largest absolute Gasteiger partial charge is 0.384 e. The Balaban J connectivity index is 1.93. The lowest BCUT2D eigenvalue weighted by Gasteiger charge is -2.17. The van der Waals surface area contributed by atoms with Gasteiger partial charge in [-0.3, -0.25) is 4.79 Å². The van der Waals surface area contributed by atoms with Crippen molar-refractivity contribution in [1.82, 2.24) is 10.2 Å². The highest BCUT2D eigenvalue weighted by Gasteiger charge is 2.19. The molecule has 0 fully saturated rings. The molecule has 1 aliphatic heterocycles. The topological polar surface area (TPSA) is 44.4 Å². The van der Waals surface area contributed by atoms with Crippen LogP contribution in [0, 0.1) is 0 Å². The molecule has 1 unspecified atom stereocenters. The van der Waals surface area contributed by atoms with Gasteiger partial charge in [-0.2, -0.15) is 0 Å². The molecule has 0 spiro atoms. The van der Waals surface area contributed by atoms with E-state index in [1.165, 1.54) is 11.3 Å². The summed E-state index contributed by atoms with van der Waals surface area (Å²) in [4.78, 5) is 14.8. The van der Waals surface area contributed by atoms with E-state index < -0.39 is 0 Å². The highest BCUT2D eigenvalue weighted by Crippen LogP contribution is 2.23. The first-order valence-corrected chi connectivity index (χ1v) is 7.91. The quantitative estimate of drug-likeness (QED) is 0.568. The zero-order valence-corrected chi connectivity index (χ0v) is 13.4. The molecule has 0 bridgehead atoms. The molecular formula is C17H27N3O. The Morgan fingerprint density at radius 1 is 1.43 bits per heavy atom. The third-order valence-electron chi connectivity index (χ3n) is 4.00. The zero-order chi connectivity index (χ0) is 15.2. The standard InChI is InChI=1S/C17H27N3O/c1-4-15(18-9-5-11-20(2)3)17(21)14-6-7-16-13(12-14)8-10-19-16/h6-7,12,15,18-19H,4-5,8-11H2,1-3H3. The number of Topliss-reactive ketones (excluding diaryl/α,β-unsaturated/α-hetero) is 1. The van der Waals surface area contributed by atoms with Crippen LogP contribution in [0.2, 0.25) is 0 Å². The SMILES string of the molecule is CCC(NCCCN(C)C)C(=O)c1ccc2c(c1)CCN2. The van der Waals surface area contributed by atoms with Crippen molar-refractivity contribution in [3.8, 4) is 0 Å². The Kier molecular flexibility index (Phi) is 5.76. The summed E-state index contributed by atoms with van der Waals surface area (Å²) < 4.78 is 0. The maximum Gasteiger partial charge on any atom is 0.179 e. The van der Waals surface area contributed by atoms with Gasteiger partial charge in [0, 0.05) is 17.8 Å². The number of nitrogens with one attached hydrogen (secondary N) is 2. The molecular weight excluding hydrogens is 262 g/mol. The lowest BCUT2D eigenvalue weighted by molar-refractivity contribution is 0.0940. The van der Waals surface area contributed by atoms with E-state index in [1.54, 1.807) is 0 Å². The van der Waals surface area contributed by atoms with E-state index in [-0.39, 0.29) is 11.8 Å². The maximum absolute atomic E-state index is 12.6. The Hall–Kier alpha value is -1.39. The van der Waals surface area contributed by atoms with E-state index in [0.29, 0.717) is 0 Å².